The van der Waals surface area contributed by atoms with E-state index in [0.29, 0.717) is 13.1 Å². The molecule has 1 heterocycles. The van der Waals surface area contributed by atoms with Gasteiger partial charge in [0.25, 0.3) is 0 Å². The lowest BCUT2D eigenvalue weighted by Crippen LogP contribution is -2.55. The normalized spacial score (nSPS) is 22.7. The fraction of sp³-hybridized carbons (Fsp3) is 0.600. The Hall–Kier alpha value is -2.08. The molecule has 1 atom stereocenters. The van der Waals surface area contributed by atoms with Crippen molar-refractivity contribution < 1.29 is 14.3 Å². The number of hydrogen-bond acceptors (Lipinski definition) is 4. The lowest BCUT2D eigenvalue weighted by molar-refractivity contribution is -0.133. The van der Waals surface area contributed by atoms with Crippen LogP contribution in [0.1, 0.15) is 37.7 Å². The van der Waals surface area contributed by atoms with Gasteiger partial charge in [0, 0.05) is 25.0 Å². The first-order valence-corrected chi connectivity index (χ1v) is 9.43. The van der Waals surface area contributed by atoms with Gasteiger partial charge in [0.05, 0.1) is 19.6 Å². The third-order valence-corrected chi connectivity index (χ3v) is 5.86. The van der Waals surface area contributed by atoms with Gasteiger partial charge in [-0.25, -0.2) is 0 Å². The van der Waals surface area contributed by atoms with Crippen molar-refractivity contribution in [3.05, 3.63) is 29.8 Å². The third-order valence-electron chi connectivity index (χ3n) is 5.86. The highest BCUT2D eigenvalue weighted by Gasteiger charge is 2.36. The molecule has 2 fully saturated rings. The number of ether oxygens (including phenoxy) is 1. The summed E-state index contributed by atoms with van der Waals surface area (Å²) in [5, 5.41) is 5.94. The van der Waals surface area contributed by atoms with Crippen molar-refractivity contribution in [2.45, 2.75) is 43.6 Å². The molecule has 0 bridgehead atoms. The molecule has 26 heavy (non-hydrogen) atoms. The van der Waals surface area contributed by atoms with Crippen molar-refractivity contribution in [3.63, 3.8) is 0 Å². The summed E-state index contributed by atoms with van der Waals surface area (Å²) in [7, 11) is 3.56. The molecule has 6 heteroatoms. The molecule has 2 aliphatic rings. The third kappa shape index (κ3) is 4.01. The van der Waals surface area contributed by atoms with Crippen LogP contribution in [0.25, 0.3) is 0 Å². The number of carbonyl (C=O) groups is 2. The van der Waals surface area contributed by atoms with Crippen LogP contribution in [0.4, 0.5) is 0 Å². The van der Waals surface area contributed by atoms with Gasteiger partial charge >= 0.3 is 0 Å². The second kappa shape index (κ2) is 8.08. The number of likely N-dealkylation sites (N-methyl/N-ethyl adjacent to an activating group) is 1. The molecule has 1 saturated carbocycles. The van der Waals surface area contributed by atoms with Crippen LogP contribution in [0.5, 0.6) is 5.75 Å². The van der Waals surface area contributed by atoms with E-state index in [1.807, 2.05) is 24.1 Å². The number of nitrogens with one attached hydrogen (secondary N) is 2. The molecule has 0 unspecified atom stereocenters. The maximum Gasteiger partial charge on any atom is 0.237 e. The second-order valence-electron chi connectivity index (χ2n) is 7.48. The zero-order valence-corrected chi connectivity index (χ0v) is 15.7. The van der Waals surface area contributed by atoms with Crippen LogP contribution in [0.3, 0.4) is 0 Å². The molecule has 142 valence electrons. The van der Waals surface area contributed by atoms with Gasteiger partial charge in [0.1, 0.15) is 5.75 Å². The van der Waals surface area contributed by atoms with E-state index >= 15 is 0 Å². The predicted molar refractivity (Wildman–Crippen MR) is 100 cm³/mol. The van der Waals surface area contributed by atoms with Crippen molar-refractivity contribution in [3.8, 4) is 5.75 Å². The molecule has 6 nitrogen and oxygen atoms in total. The van der Waals surface area contributed by atoms with Gasteiger partial charge in [-0.2, -0.15) is 0 Å². The van der Waals surface area contributed by atoms with E-state index in [9.17, 15) is 9.59 Å². The summed E-state index contributed by atoms with van der Waals surface area (Å²) in [6, 6.07) is 7.82. The van der Waals surface area contributed by atoms with Crippen LogP contribution in [0.2, 0.25) is 0 Å². The van der Waals surface area contributed by atoms with Gasteiger partial charge < -0.3 is 15.4 Å². The van der Waals surface area contributed by atoms with Crippen LogP contribution in [0.15, 0.2) is 24.3 Å². The van der Waals surface area contributed by atoms with E-state index in [4.69, 9.17) is 4.74 Å². The SMILES string of the molecule is COc1ccc(C2(CNC(=O)C[C@H]3C(=O)NCCN3C)CCCC2)cc1. The van der Waals surface area contributed by atoms with E-state index in [1.165, 1.54) is 18.4 Å². The molecule has 0 radical (unpaired) electrons. The minimum atomic E-state index is -0.371. The fourth-order valence-electron chi connectivity index (χ4n) is 4.16. The molecule has 1 saturated heterocycles. The van der Waals surface area contributed by atoms with Crippen molar-refractivity contribution in [2.75, 3.05) is 33.8 Å². The molecule has 3 rings (SSSR count). The number of benzene rings is 1. The van der Waals surface area contributed by atoms with E-state index in [0.717, 1.165) is 25.1 Å². The summed E-state index contributed by atoms with van der Waals surface area (Å²) in [6.45, 7) is 2.05. The van der Waals surface area contributed by atoms with Crippen LogP contribution in [-0.2, 0) is 15.0 Å². The van der Waals surface area contributed by atoms with Crippen LogP contribution < -0.4 is 15.4 Å². The number of amides is 2. The number of rotatable bonds is 6. The Morgan fingerprint density at radius 2 is 2.00 bits per heavy atom. The number of hydrogen-bond donors (Lipinski definition) is 2. The van der Waals surface area contributed by atoms with E-state index in [2.05, 4.69) is 22.8 Å². The highest BCUT2D eigenvalue weighted by atomic mass is 16.5. The first kappa shape index (κ1) is 18.7. The molecule has 0 spiro atoms. The summed E-state index contributed by atoms with van der Waals surface area (Å²) in [6.07, 6.45) is 4.71. The highest BCUT2D eigenvalue weighted by Crippen LogP contribution is 2.41. The molecule has 0 aromatic heterocycles. The standard InChI is InChI=1S/C20H29N3O3/c1-23-12-11-21-19(25)17(23)13-18(24)22-14-20(9-3-4-10-20)15-5-7-16(26-2)8-6-15/h5-8,17H,3-4,9-14H2,1-2H3,(H,21,25)(H,22,24)/t17-/m0/s1. The van der Waals surface area contributed by atoms with E-state index in [1.54, 1.807) is 7.11 Å². The van der Waals surface area contributed by atoms with Crippen molar-refractivity contribution in [1.82, 2.24) is 15.5 Å². The van der Waals surface area contributed by atoms with Gasteiger partial charge in [-0.1, -0.05) is 25.0 Å². The molecule has 2 N–H and O–H groups in total. The Morgan fingerprint density at radius 3 is 2.62 bits per heavy atom. The van der Waals surface area contributed by atoms with Crippen LogP contribution >= 0.6 is 0 Å². The Bertz CT molecular complexity index is 638. The van der Waals surface area contributed by atoms with Crippen molar-refractivity contribution >= 4 is 11.8 Å². The summed E-state index contributed by atoms with van der Waals surface area (Å²) < 4.78 is 5.26. The largest absolute Gasteiger partial charge is 0.497 e. The number of carbonyl (C=O) groups excluding carboxylic acids is 2. The maximum absolute atomic E-state index is 12.5. The molecule has 2 amide bonds. The van der Waals surface area contributed by atoms with E-state index < -0.39 is 0 Å². The van der Waals surface area contributed by atoms with Gasteiger partial charge in [0.15, 0.2) is 0 Å². The van der Waals surface area contributed by atoms with Crippen LogP contribution in [0, 0.1) is 0 Å². The van der Waals surface area contributed by atoms with Crippen molar-refractivity contribution in [1.29, 1.82) is 0 Å². The summed E-state index contributed by atoms with van der Waals surface area (Å²) in [4.78, 5) is 26.4. The zero-order chi connectivity index (χ0) is 18.6. The lowest BCUT2D eigenvalue weighted by atomic mass is 9.78. The average Bonchev–Trinajstić information content (AvgIpc) is 3.13. The lowest BCUT2D eigenvalue weighted by Gasteiger charge is -2.33. The van der Waals surface area contributed by atoms with E-state index in [-0.39, 0.29) is 29.7 Å². The zero-order valence-electron chi connectivity index (χ0n) is 15.7. The number of piperazine rings is 1. The number of nitrogens with zero attached hydrogens (tertiary/aromatic N) is 1. The summed E-state index contributed by atoms with van der Waals surface area (Å²) >= 11 is 0. The van der Waals surface area contributed by atoms with Gasteiger partial charge in [-0.3, -0.25) is 14.5 Å². The highest BCUT2D eigenvalue weighted by molar-refractivity contribution is 5.88. The smallest absolute Gasteiger partial charge is 0.237 e. The molecule has 1 aliphatic heterocycles. The molecule has 1 aromatic rings. The molecule has 1 aromatic carbocycles. The minimum absolute atomic E-state index is 0.0113. The topological polar surface area (TPSA) is 70.7 Å². The maximum atomic E-state index is 12.5. The second-order valence-corrected chi connectivity index (χ2v) is 7.48. The summed E-state index contributed by atoms with van der Waals surface area (Å²) in [5.41, 5.74) is 1.24. The Morgan fingerprint density at radius 1 is 1.31 bits per heavy atom. The Labute approximate surface area is 155 Å². The molecular weight excluding hydrogens is 330 g/mol. The van der Waals surface area contributed by atoms with Gasteiger partial charge in [0.2, 0.25) is 11.8 Å². The quantitative estimate of drug-likeness (QED) is 0.806. The molecule has 1 aliphatic carbocycles. The monoisotopic (exact) mass is 359 g/mol. The fourth-order valence-corrected chi connectivity index (χ4v) is 4.16. The van der Waals surface area contributed by atoms with Crippen LogP contribution in [-0.4, -0.2) is 56.5 Å². The number of methoxy groups -OCH3 is 1. The first-order valence-electron chi connectivity index (χ1n) is 9.43. The Kier molecular flexibility index (Phi) is 5.81. The minimum Gasteiger partial charge on any atom is -0.497 e. The first-order chi connectivity index (χ1) is 12.5. The summed E-state index contributed by atoms with van der Waals surface area (Å²) in [5.74, 6) is 0.732. The van der Waals surface area contributed by atoms with Crippen molar-refractivity contribution in [2.24, 2.45) is 0 Å². The predicted octanol–water partition coefficient (Wildman–Crippen LogP) is 1.44. The van der Waals surface area contributed by atoms with Gasteiger partial charge in [-0.15, -0.1) is 0 Å². The average molecular weight is 359 g/mol. The molecular formula is C20H29N3O3. The van der Waals surface area contributed by atoms with Gasteiger partial charge in [-0.05, 0) is 37.6 Å². The Balaban J connectivity index is 1.63.